The summed E-state index contributed by atoms with van der Waals surface area (Å²) in [5.41, 5.74) is -8.96. The Morgan fingerprint density at radius 2 is 1.84 bits per heavy atom. The van der Waals surface area contributed by atoms with E-state index in [9.17, 15) is 13.2 Å². The zero-order chi connectivity index (χ0) is 16.8. The predicted octanol–water partition coefficient (Wildman–Crippen LogP) is 4.29. The van der Waals surface area contributed by atoms with Gasteiger partial charge in [-0.2, -0.15) is 8.78 Å². The van der Waals surface area contributed by atoms with Crippen molar-refractivity contribution in [2.75, 3.05) is 0 Å². The molecule has 2 rings (SSSR count). The molecule has 0 saturated carbocycles. The quantitative estimate of drug-likeness (QED) is 0.559. The molecule has 0 amide bonds. The van der Waals surface area contributed by atoms with E-state index in [4.69, 9.17) is 4.11 Å². The van der Waals surface area contributed by atoms with Gasteiger partial charge in [0.1, 0.15) is 0 Å². The third kappa shape index (κ3) is 1.64. The minimum absolute atomic E-state index is 0.109. The highest BCUT2D eigenvalue weighted by Gasteiger charge is 2.72. The van der Waals surface area contributed by atoms with Crippen LogP contribution in [0.25, 0.3) is 0 Å². The molecule has 3 atom stereocenters. The molecule has 0 heterocycles. The Morgan fingerprint density at radius 1 is 1.21 bits per heavy atom. The number of alkyl halides is 5. The molecule has 0 spiro atoms. The highest BCUT2D eigenvalue weighted by Crippen LogP contribution is 2.56. The maximum atomic E-state index is 15.3. The van der Waals surface area contributed by atoms with Crippen LogP contribution < -0.4 is 0 Å². The monoisotopic (exact) mass is 277 g/mol. The van der Waals surface area contributed by atoms with E-state index in [-0.39, 0.29) is 12.2 Å². The Balaban J connectivity index is 2.83. The van der Waals surface area contributed by atoms with E-state index in [0.717, 1.165) is 24.3 Å². The first-order valence-corrected chi connectivity index (χ1v) is 5.38. The van der Waals surface area contributed by atoms with Gasteiger partial charge in [0.15, 0.2) is 11.8 Å². The Labute approximate surface area is 111 Å². The largest absolute Gasteiger partial charge is 0.323 e. The lowest BCUT2D eigenvalue weighted by Crippen LogP contribution is -2.61. The van der Waals surface area contributed by atoms with Crippen LogP contribution in [-0.4, -0.2) is 17.8 Å². The van der Waals surface area contributed by atoms with E-state index in [1.54, 1.807) is 0 Å². The molecular weight excluding hydrogens is 263 g/mol. The van der Waals surface area contributed by atoms with E-state index < -0.39 is 41.6 Å². The fraction of sp³-hybridized carbons (Fsp3) is 0.286. The van der Waals surface area contributed by atoms with Crippen LogP contribution in [0.2, 0.25) is 0 Å². The first-order valence-electron chi connectivity index (χ1n) is 6.88. The Hall–Kier alpha value is -1.65. The van der Waals surface area contributed by atoms with Crippen LogP contribution in [0.3, 0.4) is 0 Å². The molecule has 0 nitrogen and oxygen atoms in total. The molecule has 0 aromatic heterocycles. The molecule has 1 aromatic carbocycles. The summed E-state index contributed by atoms with van der Waals surface area (Å²) in [5, 5.41) is 0. The number of hydrogen-bond donors (Lipinski definition) is 0. The summed E-state index contributed by atoms with van der Waals surface area (Å²) in [5.74, 6) is -4.82. The van der Waals surface area contributed by atoms with Gasteiger partial charge < -0.3 is 0 Å². The van der Waals surface area contributed by atoms with Crippen molar-refractivity contribution in [3.63, 3.8) is 0 Å². The molecule has 1 aromatic rings. The zero-order valence-electron chi connectivity index (χ0n) is 12.5. The van der Waals surface area contributed by atoms with E-state index in [0.29, 0.717) is 0 Å². The highest BCUT2D eigenvalue weighted by molar-refractivity contribution is 5.40. The molecule has 1 aliphatic carbocycles. The van der Waals surface area contributed by atoms with Crippen molar-refractivity contribution in [2.24, 2.45) is 0 Å². The van der Waals surface area contributed by atoms with Gasteiger partial charge in [-0.25, -0.2) is 13.2 Å². The molecule has 0 radical (unpaired) electrons. The smallest absolute Gasteiger partial charge is 0.236 e. The molecule has 0 fully saturated rings. The fourth-order valence-electron chi connectivity index (χ4n) is 2.08. The fourth-order valence-corrected chi connectivity index (χ4v) is 2.08. The first kappa shape index (κ1) is 10.2. The van der Waals surface area contributed by atoms with Crippen LogP contribution in [0, 0.1) is 0 Å². The van der Waals surface area contributed by atoms with Crippen molar-refractivity contribution in [1.82, 2.24) is 0 Å². The highest BCUT2D eigenvalue weighted by atomic mass is 19.3. The Kier molecular flexibility index (Phi) is 2.24. The van der Waals surface area contributed by atoms with Crippen LogP contribution in [0.5, 0.6) is 0 Å². The maximum absolute atomic E-state index is 15.3. The number of halogens is 5. The average molecular weight is 277 g/mol. The molecule has 5 heteroatoms. The lowest BCUT2D eigenvalue weighted by atomic mass is 9.71. The van der Waals surface area contributed by atoms with Crippen molar-refractivity contribution in [2.45, 2.75) is 23.4 Å². The lowest BCUT2D eigenvalue weighted by Gasteiger charge is -2.44. The standard InChI is InChI=1S/C14H11F5/c1-2-12(16)9-8-11(15)14(18,19)13(12,17)10-6-4-3-5-7-10/h2-9,11H,1H2/i1D2,2D. The zero-order valence-corrected chi connectivity index (χ0v) is 9.51. The summed E-state index contributed by atoms with van der Waals surface area (Å²) in [4.78, 5) is 0. The topological polar surface area (TPSA) is 0 Å². The van der Waals surface area contributed by atoms with E-state index >= 15 is 8.78 Å². The van der Waals surface area contributed by atoms with Gasteiger partial charge in [0.2, 0.25) is 5.67 Å². The second kappa shape index (κ2) is 4.18. The summed E-state index contributed by atoms with van der Waals surface area (Å²) in [7, 11) is 0. The van der Waals surface area contributed by atoms with Crippen molar-refractivity contribution in [1.29, 1.82) is 0 Å². The molecule has 0 aliphatic heterocycles. The van der Waals surface area contributed by atoms with Gasteiger partial charge in [0.05, 0.1) is 4.11 Å². The molecule has 19 heavy (non-hydrogen) atoms. The second-order valence-electron chi connectivity index (χ2n) is 4.25. The van der Waals surface area contributed by atoms with Crippen molar-refractivity contribution in [3.05, 3.63) is 60.6 Å². The molecule has 102 valence electrons. The molecule has 0 bridgehead atoms. The van der Waals surface area contributed by atoms with Gasteiger partial charge in [-0.15, -0.1) is 0 Å². The van der Waals surface area contributed by atoms with Crippen LogP contribution in [-0.2, 0) is 5.67 Å². The van der Waals surface area contributed by atoms with Crippen molar-refractivity contribution >= 4 is 0 Å². The number of rotatable bonds is 2. The predicted molar refractivity (Wildman–Crippen MR) is 62.2 cm³/mol. The van der Waals surface area contributed by atoms with Gasteiger partial charge in [-0.05, 0) is 23.8 Å². The van der Waals surface area contributed by atoms with Gasteiger partial charge in [0.25, 0.3) is 0 Å². The number of benzene rings is 1. The first-order chi connectivity index (χ1) is 10.1. The van der Waals surface area contributed by atoms with Crippen LogP contribution in [0.4, 0.5) is 22.0 Å². The minimum atomic E-state index is -4.82. The maximum Gasteiger partial charge on any atom is 0.323 e. The summed E-state index contributed by atoms with van der Waals surface area (Å²) in [6, 6.07) is 3.77. The van der Waals surface area contributed by atoms with Crippen LogP contribution in [0.1, 0.15) is 9.68 Å². The number of hydrogen-bond acceptors (Lipinski definition) is 0. The lowest BCUT2D eigenvalue weighted by molar-refractivity contribution is -0.216. The van der Waals surface area contributed by atoms with Crippen LogP contribution in [0.15, 0.2) is 55.1 Å². The third-order valence-corrected chi connectivity index (χ3v) is 3.16. The molecular formula is C14H11F5. The second-order valence-corrected chi connectivity index (χ2v) is 4.25. The molecule has 3 unspecified atom stereocenters. The molecule has 1 aliphatic rings. The van der Waals surface area contributed by atoms with Gasteiger partial charge in [-0.3, -0.25) is 0 Å². The summed E-state index contributed by atoms with van der Waals surface area (Å²) in [6.07, 6.45) is -2.85. The van der Waals surface area contributed by atoms with E-state index in [1.807, 2.05) is 0 Å². The average Bonchev–Trinajstić information content (AvgIpc) is 2.49. The van der Waals surface area contributed by atoms with E-state index in [2.05, 4.69) is 0 Å². The Morgan fingerprint density at radius 3 is 2.42 bits per heavy atom. The SMILES string of the molecule is [2H]C([2H])=C([2H])C1(F)C=CC(F)C(F)(F)C1(F)c1ccccc1. The van der Waals surface area contributed by atoms with Gasteiger partial charge in [-0.1, -0.05) is 36.9 Å². The summed E-state index contributed by atoms with van der Waals surface area (Å²) >= 11 is 0. The Bertz CT molecular complexity index is 627. The van der Waals surface area contributed by atoms with E-state index in [1.165, 1.54) is 6.07 Å². The normalized spacial score (nSPS) is 39.0. The molecule has 0 N–H and O–H groups in total. The summed E-state index contributed by atoms with van der Waals surface area (Å²) < 4.78 is 93.4. The van der Waals surface area contributed by atoms with Crippen LogP contribution >= 0.6 is 0 Å². The van der Waals surface area contributed by atoms with Crippen molar-refractivity contribution in [3.8, 4) is 0 Å². The minimum Gasteiger partial charge on any atom is -0.236 e. The van der Waals surface area contributed by atoms with Crippen molar-refractivity contribution < 1.29 is 26.1 Å². The van der Waals surface area contributed by atoms with Gasteiger partial charge >= 0.3 is 5.92 Å². The molecule has 0 saturated heterocycles. The third-order valence-electron chi connectivity index (χ3n) is 3.16. The summed E-state index contributed by atoms with van der Waals surface area (Å²) in [6.45, 7) is -1.47. The van der Waals surface area contributed by atoms with Gasteiger partial charge in [0, 0.05) is 0 Å². The number of allylic oxidation sites excluding steroid dienone is 3.